The maximum Gasteiger partial charge on any atom is 0.497 e. The lowest BCUT2D eigenvalue weighted by molar-refractivity contribution is -0.403. The standard InChI is InChI=1S/C30H59O6PS/c1-6-10-12-14-16-17-18-19-21-23-26-38-28(24-22-20-15-13-11-7-2)27(5)35-36-30(37-32,34-25-8-3)29(31)33-9-4/h27-28H,6-26H2,1-5H3/p+1. The van der Waals surface area contributed by atoms with Crippen LogP contribution < -0.4 is 0 Å². The molecule has 0 aromatic rings. The first kappa shape index (κ1) is 37.8. The molecule has 0 aromatic heterocycles. The highest BCUT2D eigenvalue weighted by molar-refractivity contribution is 7.99. The molecule has 0 aliphatic heterocycles. The van der Waals surface area contributed by atoms with Gasteiger partial charge < -0.3 is 4.74 Å². The number of thioether (sulfide) groups is 1. The van der Waals surface area contributed by atoms with Gasteiger partial charge in [0.25, 0.3) is 0 Å². The lowest BCUT2D eigenvalue weighted by Crippen LogP contribution is -2.42. The van der Waals surface area contributed by atoms with Gasteiger partial charge >= 0.3 is 20.0 Å². The maximum atomic E-state index is 12.5. The molecular weight excluding hydrogens is 519 g/mol. The molecule has 6 nitrogen and oxygen atoms in total. The summed E-state index contributed by atoms with van der Waals surface area (Å²) in [5.41, 5.74) is -2.02. The molecule has 0 fully saturated rings. The Morgan fingerprint density at radius 2 is 1.29 bits per heavy atom. The Balaban J connectivity index is 4.72. The summed E-state index contributed by atoms with van der Waals surface area (Å²) in [5.74, 6) is 0.281. The van der Waals surface area contributed by atoms with Gasteiger partial charge in [0.15, 0.2) is 0 Å². The Kier molecular flexibility index (Phi) is 26.9. The van der Waals surface area contributed by atoms with Gasteiger partial charge in [0.05, 0.1) is 13.2 Å². The highest BCUT2D eigenvalue weighted by Gasteiger charge is 2.55. The number of esters is 1. The van der Waals surface area contributed by atoms with E-state index in [1.165, 1.54) is 96.3 Å². The third-order valence-corrected chi connectivity index (χ3v) is 8.97. The van der Waals surface area contributed by atoms with E-state index in [1.807, 2.05) is 25.6 Å². The molecule has 0 spiro atoms. The summed E-state index contributed by atoms with van der Waals surface area (Å²) in [7, 11) is -1.19. The van der Waals surface area contributed by atoms with Gasteiger partial charge in [-0.05, 0) is 38.9 Å². The molecule has 0 amide bonds. The molecule has 38 heavy (non-hydrogen) atoms. The Morgan fingerprint density at radius 1 is 0.763 bits per heavy atom. The normalized spacial score (nSPS) is 14.9. The summed E-state index contributed by atoms with van der Waals surface area (Å²) >= 11 is 1.93. The van der Waals surface area contributed by atoms with Crippen molar-refractivity contribution < 1.29 is 28.6 Å². The Labute approximate surface area is 240 Å². The molecule has 0 saturated heterocycles. The van der Waals surface area contributed by atoms with Gasteiger partial charge in [0.1, 0.15) is 6.10 Å². The van der Waals surface area contributed by atoms with Crippen molar-refractivity contribution in [1.29, 1.82) is 0 Å². The molecule has 0 aliphatic carbocycles. The van der Waals surface area contributed by atoms with Crippen LogP contribution >= 0.6 is 20.2 Å². The van der Waals surface area contributed by atoms with Crippen molar-refractivity contribution in [2.24, 2.45) is 0 Å². The molecular formula is C30H60O6PS+. The highest BCUT2D eigenvalue weighted by atomic mass is 32.2. The van der Waals surface area contributed by atoms with Crippen LogP contribution in [0, 0.1) is 0 Å². The van der Waals surface area contributed by atoms with E-state index in [2.05, 4.69) is 13.8 Å². The van der Waals surface area contributed by atoms with E-state index < -0.39 is 20.0 Å². The van der Waals surface area contributed by atoms with Gasteiger partial charge in [-0.15, -0.1) is 4.89 Å². The quantitative estimate of drug-likeness (QED) is 0.0218. The number of carbonyl (C=O) groups excluding carboxylic acids is 1. The zero-order valence-corrected chi connectivity index (χ0v) is 27.2. The molecule has 0 radical (unpaired) electrons. The van der Waals surface area contributed by atoms with Crippen molar-refractivity contribution in [1.82, 2.24) is 0 Å². The predicted octanol–water partition coefficient (Wildman–Crippen LogP) is 9.76. The molecule has 4 unspecified atom stereocenters. The van der Waals surface area contributed by atoms with Crippen molar-refractivity contribution in [3.8, 4) is 0 Å². The van der Waals surface area contributed by atoms with Crippen LogP contribution in [0.3, 0.4) is 0 Å². The van der Waals surface area contributed by atoms with Crippen molar-refractivity contribution in [3.05, 3.63) is 0 Å². The predicted molar refractivity (Wildman–Crippen MR) is 162 cm³/mol. The Bertz CT molecular complexity index is 553. The first-order valence-electron chi connectivity index (χ1n) is 15.7. The van der Waals surface area contributed by atoms with E-state index in [1.54, 1.807) is 6.92 Å². The fourth-order valence-corrected chi connectivity index (χ4v) is 6.01. The van der Waals surface area contributed by atoms with E-state index in [0.29, 0.717) is 6.42 Å². The smallest absolute Gasteiger partial charge is 0.458 e. The third-order valence-electron chi connectivity index (χ3n) is 6.70. The Hall–Kier alpha value is -0.200. The fourth-order valence-electron chi connectivity index (χ4n) is 4.29. The Morgan fingerprint density at radius 3 is 1.79 bits per heavy atom. The molecule has 0 rings (SSSR count). The number of hydrogen-bond donors (Lipinski definition) is 0. The summed E-state index contributed by atoms with van der Waals surface area (Å²) in [6, 6.07) is 0. The number of hydrogen-bond acceptors (Lipinski definition) is 7. The molecule has 0 N–H and O–H groups in total. The summed E-state index contributed by atoms with van der Waals surface area (Å²) in [5, 5.41) is 0.237. The van der Waals surface area contributed by atoms with Gasteiger partial charge in [-0.25, -0.2) is 9.68 Å². The molecule has 0 aliphatic rings. The van der Waals surface area contributed by atoms with Gasteiger partial charge in [-0.1, -0.05) is 122 Å². The minimum atomic E-state index is -2.02. The molecule has 8 heteroatoms. The van der Waals surface area contributed by atoms with Gasteiger partial charge in [-0.2, -0.15) is 11.8 Å². The van der Waals surface area contributed by atoms with Gasteiger partial charge in [0, 0.05) is 5.25 Å². The maximum absolute atomic E-state index is 12.5. The van der Waals surface area contributed by atoms with Gasteiger partial charge in [0.2, 0.25) is 0 Å². The van der Waals surface area contributed by atoms with Crippen LogP contribution in [0.15, 0.2) is 0 Å². The number of ether oxygens (including phenoxy) is 2. The van der Waals surface area contributed by atoms with E-state index in [4.69, 9.17) is 19.2 Å². The van der Waals surface area contributed by atoms with Crippen LogP contribution in [0.5, 0.6) is 0 Å². The van der Waals surface area contributed by atoms with Crippen molar-refractivity contribution in [2.75, 3.05) is 19.0 Å². The monoisotopic (exact) mass is 579 g/mol. The van der Waals surface area contributed by atoms with Crippen molar-refractivity contribution in [3.63, 3.8) is 0 Å². The van der Waals surface area contributed by atoms with Crippen LogP contribution in [-0.4, -0.2) is 41.8 Å². The van der Waals surface area contributed by atoms with E-state index in [-0.39, 0.29) is 24.6 Å². The fraction of sp³-hybridized carbons (Fsp3) is 0.967. The van der Waals surface area contributed by atoms with Crippen LogP contribution in [0.1, 0.15) is 150 Å². The van der Waals surface area contributed by atoms with E-state index >= 15 is 0 Å². The molecule has 4 atom stereocenters. The summed E-state index contributed by atoms with van der Waals surface area (Å²) in [6.07, 6.45) is 22.2. The van der Waals surface area contributed by atoms with Gasteiger partial charge in [-0.3, -0.25) is 4.74 Å². The second-order valence-electron chi connectivity index (χ2n) is 10.3. The molecule has 0 aromatic carbocycles. The number of rotatable bonds is 29. The molecule has 0 heterocycles. The summed E-state index contributed by atoms with van der Waals surface area (Å²) in [4.78, 5) is 23.7. The molecule has 0 saturated carbocycles. The minimum Gasteiger partial charge on any atom is -0.458 e. The van der Waals surface area contributed by atoms with E-state index in [9.17, 15) is 9.36 Å². The van der Waals surface area contributed by atoms with Crippen LogP contribution in [0.25, 0.3) is 0 Å². The van der Waals surface area contributed by atoms with Crippen LogP contribution in [0.2, 0.25) is 0 Å². The average Bonchev–Trinajstić information content (AvgIpc) is 2.92. The minimum absolute atomic E-state index is 0.148. The van der Waals surface area contributed by atoms with Crippen LogP contribution in [-0.2, 0) is 28.6 Å². The molecule has 0 bridgehead atoms. The zero-order valence-electron chi connectivity index (χ0n) is 25.4. The molecule has 226 valence electrons. The number of carbonyl (C=O) groups is 1. The summed E-state index contributed by atoms with van der Waals surface area (Å²) < 4.78 is 22.7. The SMILES string of the molecule is CCCCCCCCCCCCSC(CCCCCCCC)C(C)OOC(OCCC)([PH+]=O)C(=O)OCC. The summed E-state index contributed by atoms with van der Waals surface area (Å²) in [6.45, 7) is 10.4. The van der Waals surface area contributed by atoms with Crippen molar-refractivity contribution >= 4 is 26.2 Å². The first-order chi connectivity index (χ1) is 18.5. The second kappa shape index (κ2) is 27.0. The van der Waals surface area contributed by atoms with Crippen molar-refractivity contribution in [2.45, 2.75) is 167 Å². The highest BCUT2D eigenvalue weighted by Crippen LogP contribution is 2.32. The zero-order chi connectivity index (χ0) is 28.3. The topological polar surface area (TPSA) is 71.1 Å². The number of unbranched alkanes of at least 4 members (excludes halogenated alkanes) is 14. The third kappa shape index (κ3) is 19.0. The van der Waals surface area contributed by atoms with Crippen LogP contribution in [0.4, 0.5) is 0 Å². The largest absolute Gasteiger partial charge is 0.497 e. The lowest BCUT2D eigenvalue weighted by atomic mass is 10.1. The first-order valence-corrected chi connectivity index (χ1v) is 17.6. The lowest BCUT2D eigenvalue weighted by Gasteiger charge is -2.25. The van der Waals surface area contributed by atoms with E-state index in [0.717, 1.165) is 18.6 Å². The second-order valence-corrected chi connectivity index (χ2v) is 12.5. The average molecular weight is 580 g/mol.